The Kier molecular flexibility index (Phi) is 4.89. The Morgan fingerprint density at radius 2 is 1.89 bits per heavy atom. The van der Waals surface area contributed by atoms with Crippen LogP contribution in [-0.4, -0.2) is 42.6 Å². The first-order valence-corrected chi connectivity index (χ1v) is 9.03. The summed E-state index contributed by atoms with van der Waals surface area (Å²) in [5, 5.41) is 4.49. The molecule has 0 spiro atoms. The van der Waals surface area contributed by atoms with Gasteiger partial charge in [-0.1, -0.05) is 30.3 Å². The molecule has 0 aliphatic rings. The van der Waals surface area contributed by atoms with E-state index in [0.717, 1.165) is 41.0 Å². The molecule has 0 saturated heterocycles. The van der Waals surface area contributed by atoms with Gasteiger partial charge < -0.3 is 0 Å². The van der Waals surface area contributed by atoms with Crippen molar-refractivity contribution in [1.29, 1.82) is 0 Å². The van der Waals surface area contributed by atoms with Gasteiger partial charge in [-0.2, -0.15) is 5.10 Å². The van der Waals surface area contributed by atoms with Crippen LogP contribution < -0.4 is 0 Å². The predicted molar refractivity (Wildman–Crippen MR) is 105 cm³/mol. The minimum atomic E-state index is 0.342. The van der Waals surface area contributed by atoms with Crippen molar-refractivity contribution in [2.45, 2.75) is 25.9 Å². The summed E-state index contributed by atoms with van der Waals surface area (Å²) in [5.41, 5.74) is 5.18. The predicted octanol–water partition coefficient (Wildman–Crippen LogP) is 3.25. The normalized spacial score (nSPS) is 12.6. The molecule has 4 aromatic rings. The van der Waals surface area contributed by atoms with Crippen LogP contribution in [0.15, 0.2) is 67.5 Å². The van der Waals surface area contributed by atoms with Gasteiger partial charge in [0.05, 0.1) is 11.9 Å². The molecule has 3 aromatic heterocycles. The smallest absolute Gasteiger partial charge is 0.162 e. The highest BCUT2D eigenvalue weighted by molar-refractivity contribution is 5.76. The summed E-state index contributed by atoms with van der Waals surface area (Å²) >= 11 is 0. The number of rotatable bonds is 6. The molecule has 1 atom stereocenters. The first-order chi connectivity index (χ1) is 13.2. The molecule has 6 nitrogen and oxygen atoms in total. The standard InChI is InChI=1S/C21H22N6/c1-16(10-19-12-22-8-9-23-19)26(2)14-17-11-24-21-20(13-25-27(21)15-17)18-6-4-3-5-7-18/h3-9,11-13,15-16H,10,14H2,1-2H3/t16-/m0/s1. The molecule has 0 saturated carbocycles. The Hall–Kier alpha value is -3.12. The summed E-state index contributed by atoms with van der Waals surface area (Å²) in [5.74, 6) is 0. The molecule has 0 radical (unpaired) electrons. The quantitative estimate of drug-likeness (QED) is 0.529. The van der Waals surface area contributed by atoms with Crippen molar-refractivity contribution in [3.8, 4) is 11.1 Å². The largest absolute Gasteiger partial charge is 0.299 e. The molecule has 27 heavy (non-hydrogen) atoms. The lowest BCUT2D eigenvalue weighted by molar-refractivity contribution is 0.246. The van der Waals surface area contributed by atoms with Crippen molar-refractivity contribution >= 4 is 5.65 Å². The van der Waals surface area contributed by atoms with Gasteiger partial charge in [-0.25, -0.2) is 9.50 Å². The lowest BCUT2D eigenvalue weighted by Gasteiger charge is -2.24. The lowest BCUT2D eigenvalue weighted by Crippen LogP contribution is -2.30. The van der Waals surface area contributed by atoms with Crippen molar-refractivity contribution in [1.82, 2.24) is 29.5 Å². The molecule has 4 rings (SSSR count). The van der Waals surface area contributed by atoms with Crippen LogP contribution in [0.2, 0.25) is 0 Å². The van der Waals surface area contributed by atoms with Gasteiger partial charge in [0.1, 0.15) is 0 Å². The van der Waals surface area contributed by atoms with E-state index in [4.69, 9.17) is 0 Å². The van der Waals surface area contributed by atoms with Crippen LogP contribution in [-0.2, 0) is 13.0 Å². The van der Waals surface area contributed by atoms with Crippen molar-refractivity contribution in [3.63, 3.8) is 0 Å². The molecule has 0 fully saturated rings. The van der Waals surface area contributed by atoms with Crippen LogP contribution in [0, 0.1) is 0 Å². The first-order valence-electron chi connectivity index (χ1n) is 9.03. The third-order valence-electron chi connectivity index (χ3n) is 4.80. The fraction of sp³-hybridized carbons (Fsp3) is 0.238. The first kappa shape index (κ1) is 17.3. The van der Waals surface area contributed by atoms with Crippen LogP contribution in [0.1, 0.15) is 18.2 Å². The van der Waals surface area contributed by atoms with Crippen molar-refractivity contribution in [2.24, 2.45) is 0 Å². The zero-order valence-electron chi connectivity index (χ0n) is 15.5. The van der Waals surface area contributed by atoms with Gasteiger partial charge in [0.25, 0.3) is 0 Å². The highest BCUT2D eigenvalue weighted by atomic mass is 15.2. The number of fused-ring (bicyclic) bond motifs is 1. The molecular weight excluding hydrogens is 336 g/mol. The summed E-state index contributed by atoms with van der Waals surface area (Å²) in [7, 11) is 2.11. The van der Waals surface area contributed by atoms with Gasteiger partial charge in [-0.15, -0.1) is 0 Å². The number of hydrogen-bond donors (Lipinski definition) is 0. The molecule has 0 bridgehead atoms. The van der Waals surface area contributed by atoms with E-state index in [1.807, 2.05) is 41.3 Å². The van der Waals surface area contributed by atoms with Crippen LogP contribution in [0.25, 0.3) is 16.8 Å². The SMILES string of the molecule is C[C@@H](Cc1cnccn1)N(C)Cc1cnc2c(-c3ccccc3)cnn2c1. The van der Waals surface area contributed by atoms with Gasteiger partial charge in [0, 0.05) is 61.1 Å². The minimum Gasteiger partial charge on any atom is -0.299 e. The lowest BCUT2D eigenvalue weighted by atomic mass is 10.1. The zero-order chi connectivity index (χ0) is 18.6. The molecule has 0 aliphatic heterocycles. The molecule has 0 amide bonds. The van der Waals surface area contributed by atoms with Crippen LogP contribution in [0.4, 0.5) is 0 Å². The molecule has 1 aromatic carbocycles. The summed E-state index contributed by atoms with van der Waals surface area (Å²) < 4.78 is 1.86. The number of benzene rings is 1. The van der Waals surface area contributed by atoms with Gasteiger partial charge in [-0.05, 0) is 19.5 Å². The summed E-state index contributed by atoms with van der Waals surface area (Å²) in [6, 6.07) is 10.6. The second-order valence-electron chi connectivity index (χ2n) is 6.82. The Morgan fingerprint density at radius 1 is 1.04 bits per heavy atom. The van der Waals surface area contributed by atoms with E-state index in [1.54, 1.807) is 12.4 Å². The monoisotopic (exact) mass is 358 g/mol. The van der Waals surface area contributed by atoms with Crippen LogP contribution in [0.5, 0.6) is 0 Å². The topological polar surface area (TPSA) is 59.2 Å². The van der Waals surface area contributed by atoms with Crippen molar-refractivity contribution < 1.29 is 0 Å². The minimum absolute atomic E-state index is 0.342. The average molecular weight is 358 g/mol. The number of likely N-dealkylation sites (N-methyl/N-ethyl adjacent to an activating group) is 1. The molecule has 0 unspecified atom stereocenters. The molecule has 136 valence electrons. The van der Waals surface area contributed by atoms with Gasteiger partial charge >= 0.3 is 0 Å². The van der Waals surface area contributed by atoms with Crippen molar-refractivity contribution in [2.75, 3.05) is 7.05 Å². The van der Waals surface area contributed by atoms with E-state index in [1.165, 1.54) is 0 Å². The maximum Gasteiger partial charge on any atom is 0.162 e. The molecular formula is C21H22N6. The van der Waals surface area contributed by atoms with E-state index in [0.29, 0.717) is 6.04 Å². The Balaban J connectivity index is 1.49. The fourth-order valence-corrected chi connectivity index (χ4v) is 3.15. The zero-order valence-corrected chi connectivity index (χ0v) is 15.5. The average Bonchev–Trinajstić information content (AvgIpc) is 3.12. The van der Waals surface area contributed by atoms with Gasteiger partial charge in [0.2, 0.25) is 0 Å². The number of hydrogen-bond acceptors (Lipinski definition) is 5. The summed E-state index contributed by atoms with van der Waals surface area (Å²) in [6.45, 7) is 2.99. The third-order valence-corrected chi connectivity index (χ3v) is 4.80. The molecule has 0 aliphatic carbocycles. The Labute approximate surface area is 158 Å². The second-order valence-corrected chi connectivity index (χ2v) is 6.82. The Bertz CT molecular complexity index is 1010. The van der Waals surface area contributed by atoms with E-state index < -0.39 is 0 Å². The second kappa shape index (κ2) is 7.63. The molecule has 6 heteroatoms. The van der Waals surface area contributed by atoms with Crippen molar-refractivity contribution in [3.05, 3.63) is 78.8 Å². The van der Waals surface area contributed by atoms with E-state index >= 15 is 0 Å². The number of nitrogens with zero attached hydrogens (tertiary/aromatic N) is 6. The fourth-order valence-electron chi connectivity index (χ4n) is 3.15. The summed E-state index contributed by atoms with van der Waals surface area (Å²) in [4.78, 5) is 15.5. The van der Waals surface area contributed by atoms with Crippen LogP contribution >= 0.6 is 0 Å². The Morgan fingerprint density at radius 3 is 2.67 bits per heavy atom. The highest BCUT2D eigenvalue weighted by Gasteiger charge is 2.13. The maximum absolute atomic E-state index is 4.67. The third kappa shape index (κ3) is 3.85. The maximum atomic E-state index is 4.67. The highest BCUT2D eigenvalue weighted by Crippen LogP contribution is 2.23. The van der Waals surface area contributed by atoms with E-state index in [2.05, 4.69) is 57.3 Å². The number of aromatic nitrogens is 5. The van der Waals surface area contributed by atoms with Gasteiger partial charge in [-0.3, -0.25) is 14.9 Å². The van der Waals surface area contributed by atoms with Gasteiger partial charge in [0.15, 0.2) is 5.65 Å². The summed E-state index contributed by atoms with van der Waals surface area (Å²) in [6.07, 6.45) is 12.0. The van der Waals surface area contributed by atoms with E-state index in [9.17, 15) is 0 Å². The van der Waals surface area contributed by atoms with E-state index in [-0.39, 0.29) is 0 Å². The van der Waals surface area contributed by atoms with Crippen LogP contribution in [0.3, 0.4) is 0 Å². The molecule has 0 N–H and O–H groups in total. The molecule has 3 heterocycles.